The minimum atomic E-state index is -0.340. The molecule has 0 unspecified atom stereocenters. The van der Waals surface area contributed by atoms with E-state index in [1.807, 2.05) is 41.8 Å². The average molecular weight is 393 g/mol. The minimum Gasteiger partial charge on any atom is -0.465 e. The molecule has 0 radical (unpaired) electrons. The molecule has 0 atom stereocenters. The first-order chi connectivity index (χ1) is 14.0. The Morgan fingerprint density at radius 3 is 2.83 bits per heavy atom. The zero-order valence-corrected chi connectivity index (χ0v) is 16.5. The summed E-state index contributed by atoms with van der Waals surface area (Å²) in [6, 6.07) is 11.2. The summed E-state index contributed by atoms with van der Waals surface area (Å²) in [6.07, 6.45) is 3.74. The topological polar surface area (TPSA) is 81.9 Å². The third-order valence-corrected chi connectivity index (χ3v) is 4.71. The average Bonchev–Trinajstić information content (AvgIpc) is 3.49. The summed E-state index contributed by atoms with van der Waals surface area (Å²) in [5, 5.41) is 3.15. The fourth-order valence-electron chi connectivity index (χ4n) is 3.11. The van der Waals surface area contributed by atoms with Gasteiger partial charge in [0.1, 0.15) is 29.5 Å². The van der Waals surface area contributed by atoms with E-state index in [-0.39, 0.29) is 24.4 Å². The van der Waals surface area contributed by atoms with Crippen LogP contribution in [0.3, 0.4) is 0 Å². The number of benzene rings is 1. The molecular weight excluding hydrogens is 370 g/mol. The van der Waals surface area contributed by atoms with Gasteiger partial charge in [-0.2, -0.15) is 0 Å². The van der Waals surface area contributed by atoms with Crippen LogP contribution in [0.15, 0.2) is 42.6 Å². The van der Waals surface area contributed by atoms with Gasteiger partial charge in [0.05, 0.1) is 12.5 Å². The van der Waals surface area contributed by atoms with E-state index < -0.39 is 0 Å². The van der Waals surface area contributed by atoms with E-state index in [4.69, 9.17) is 14.5 Å². The molecule has 7 nitrogen and oxygen atoms in total. The molecule has 3 aromatic rings. The molecule has 1 aliphatic rings. The number of rotatable bonds is 7. The molecule has 1 aromatic carbocycles. The summed E-state index contributed by atoms with van der Waals surface area (Å²) in [5.41, 5.74) is 3.27. The van der Waals surface area contributed by atoms with Crippen LogP contribution in [-0.2, 0) is 14.3 Å². The van der Waals surface area contributed by atoms with E-state index in [1.54, 1.807) is 19.1 Å². The zero-order chi connectivity index (χ0) is 20.4. The van der Waals surface area contributed by atoms with Gasteiger partial charge in [-0.3, -0.25) is 14.0 Å². The number of nitrogens with one attached hydrogen (secondary N) is 1. The Morgan fingerprint density at radius 1 is 1.24 bits per heavy atom. The predicted molar refractivity (Wildman–Crippen MR) is 109 cm³/mol. The third-order valence-electron chi connectivity index (χ3n) is 4.71. The summed E-state index contributed by atoms with van der Waals surface area (Å²) in [7, 11) is 0. The number of hydrogen-bond acceptors (Lipinski definition) is 6. The number of esters is 2. The Hall–Kier alpha value is -3.35. The number of hydrogen-bond donors (Lipinski definition) is 1. The highest BCUT2D eigenvalue weighted by atomic mass is 16.5. The van der Waals surface area contributed by atoms with Gasteiger partial charge in [-0.05, 0) is 50.5 Å². The molecule has 4 rings (SSSR count). The van der Waals surface area contributed by atoms with Gasteiger partial charge in [-0.15, -0.1) is 0 Å². The van der Waals surface area contributed by atoms with E-state index in [9.17, 15) is 9.59 Å². The van der Waals surface area contributed by atoms with Crippen molar-refractivity contribution in [1.29, 1.82) is 0 Å². The first kappa shape index (κ1) is 19.0. The lowest BCUT2D eigenvalue weighted by Crippen LogP contribution is -2.18. The molecule has 7 heteroatoms. The number of ether oxygens (including phenoxy) is 2. The number of aromatic nitrogens is 2. The number of aryl methyl sites for hydroxylation is 1. The quantitative estimate of drug-likeness (QED) is 0.488. The lowest BCUT2D eigenvalue weighted by Gasteiger charge is -2.10. The van der Waals surface area contributed by atoms with E-state index in [0.29, 0.717) is 23.9 Å². The normalized spacial score (nSPS) is 13.3. The van der Waals surface area contributed by atoms with E-state index in [1.165, 1.54) is 0 Å². The summed E-state index contributed by atoms with van der Waals surface area (Å²) in [4.78, 5) is 28.6. The first-order valence-corrected chi connectivity index (χ1v) is 9.75. The van der Waals surface area contributed by atoms with Crippen molar-refractivity contribution in [3.8, 4) is 17.0 Å². The molecule has 150 valence electrons. The maximum Gasteiger partial charge on any atom is 0.325 e. The first-order valence-electron chi connectivity index (χ1n) is 9.75. The summed E-state index contributed by atoms with van der Waals surface area (Å²) < 4.78 is 12.4. The van der Waals surface area contributed by atoms with Gasteiger partial charge in [0, 0.05) is 11.8 Å². The number of nitrogens with zero attached hydrogens (tertiary/aromatic N) is 2. The maximum absolute atomic E-state index is 12.0. The van der Waals surface area contributed by atoms with E-state index in [0.717, 1.165) is 29.6 Å². The van der Waals surface area contributed by atoms with Crippen LogP contribution in [0.2, 0.25) is 0 Å². The van der Waals surface area contributed by atoms with Crippen molar-refractivity contribution in [1.82, 2.24) is 9.38 Å². The molecule has 1 fully saturated rings. The van der Waals surface area contributed by atoms with Gasteiger partial charge in [-0.25, -0.2) is 4.98 Å². The standard InChI is InChI=1S/C22H23N3O4/c1-3-28-19(26)12-23-21-20(24-18-10-7-14(2)13-25(18)21)16-5-4-6-17(11-16)29-22(27)15-8-9-15/h4-7,10-11,13,15,23H,3,8-9,12H2,1-2H3. The smallest absolute Gasteiger partial charge is 0.325 e. The number of carbonyl (C=O) groups is 2. The highest BCUT2D eigenvalue weighted by Gasteiger charge is 2.31. The van der Waals surface area contributed by atoms with Crippen molar-refractivity contribution in [3.05, 3.63) is 48.2 Å². The molecule has 1 N–H and O–H groups in total. The minimum absolute atomic E-state index is 0.0265. The van der Waals surface area contributed by atoms with Crippen LogP contribution in [0.1, 0.15) is 25.3 Å². The summed E-state index contributed by atoms with van der Waals surface area (Å²) in [5.74, 6) is 0.673. The van der Waals surface area contributed by atoms with Gasteiger partial charge < -0.3 is 14.8 Å². The molecule has 0 spiro atoms. The van der Waals surface area contributed by atoms with Crippen LogP contribution in [0.25, 0.3) is 16.9 Å². The molecule has 1 saturated carbocycles. The lowest BCUT2D eigenvalue weighted by molar-refractivity contribution is -0.141. The number of anilines is 1. The van der Waals surface area contributed by atoms with Crippen molar-refractivity contribution in [3.63, 3.8) is 0 Å². The Balaban J connectivity index is 1.69. The fraction of sp³-hybridized carbons (Fsp3) is 0.318. The second-order valence-corrected chi connectivity index (χ2v) is 7.13. The Labute approximate surface area is 168 Å². The molecule has 1 aliphatic carbocycles. The van der Waals surface area contributed by atoms with Crippen LogP contribution in [0, 0.1) is 12.8 Å². The molecule has 2 aromatic heterocycles. The predicted octanol–water partition coefficient (Wildman–Crippen LogP) is 3.60. The Bertz CT molecular complexity index is 1070. The number of carbonyl (C=O) groups excluding carboxylic acids is 2. The Kier molecular flexibility index (Phi) is 5.20. The zero-order valence-electron chi connectivity index (χ0n) is 16.5. The van der Waals surface area contributed by atoms with Gasteiger partial charge in [0.15, 0.2) is 0 Å². The van der Waals surface area contributed by atoms with Crippen LogP contribution in [-0.4, -0.2) is 34.5 Å². The number of fused-ring (bicyclic) bond motifs is 1. The lowest BCUT2D eigenvalue weighted by atomic mass is 10.1. The summed E-state index contributed by atoms with van der Waals surface area (Å²) >= 11 is 0. The van der Waals surface area contributed by atoms with Crippen LogP contribution in [0.4, 0.5) is 5.82 Å². The second-order valence-electron chi connectivity index (χ2n) is 7.13. The number of pyridine rings is 1. The van der Waals surface area contributed by atoms with Gasteiger partial charge in [-0.1, -0.05) is 18.2 Å². The van der Waals surface area contributed by atoms with E-state index in [2.05, 4.69) is 5.32 Å². The van der Waals surface area contributed by atoms with Gasteiger partial charge >= 0.3 is 11.9 Å². The third kappa shape index (κ3) is 4.23. The van der Waals surface area contributed by atoms with Crippen LogP contribution >= 0.6 is 0 Å². The highest BCUT2D eigenvalue weighted by Crippen LogP contribution is 2.33. The van der Waals surface area contributed by atoms with Crippen molar-refractivity contribution >= 4 is 23.4 Å². The van der Waals surface area contributed by atoms with Crippen molar-refractivity contribution in [2.24, 2.45) is 5.92 Å². The summed E-state index contributed by atoms with van der Waals surface area (Å²) in [6.45, 7) is 4.12. The molecular formula is C22H23N3O4. The molecule has 0 bridgehead atoms. The monoisotopic (exact) mass is 393 g/mol. The SMILES string of the molecule is CCOC(=O)CNc1c(-c2cccc(OC(=O)C3CC3)c2)nc2ccc(C)cn12. The second kappa shape index (κ2) is 7.95. The number of imidazole rings is 1. The Morgan fingerprint density at radius 2 is 2.07 bits per heavy atom. The molecule has 0 amide bonds. The van der Waals surface area contributed by atoms with Crippen molar-refractivity contribution in [2.75, 3.05) is 18.5 Å². The largest absolute Gasteiger partial charge is 0.465 e. The van der Waals surface area contributed by atoms with Crippen molar-refractivity contribution in [2.45, 2.75) is 26.7 Å². The fourth-order valence-corrected chi connectivity index (χ4v) is 3.11. The van der Waals surface area contributed by atoms with Gasteiger partial charge in [0.25, 0.3) is 0 Å². The highest BCUT2D eigenvalue weighted by molar-refractivity contribution is 5.82. The molecule has 29 heavy (non-hydrogen) atoms. The van der Waals surface area contributed by atoms with Crippen LogP contribution < -0.4 is 10.1 Å². The molecule has 2 heterocycles. The van der Waals surface area contributed by atoms with Gasteiger partial charge in [0.2, 0.25) is 0 Å². The van der Waals surface area contributed by atoms with Crippen LogP contribution in [0.5, 0.6) is 5.75 Å². The molecule has 0 aliphatic heterocycles. The maximum atomic E-state index is 12.0. The molecule has 0 saturated heterocycles. The van der Waals surface area contributed by atoms with E-state index >= 15 is 0 Å². The van der Waals surface area contributed by atoms with Crippen molar-refractivity contribution < 1.29 is 19.1 Å².